The molecule has 0 amide bonds. The third-order valence-corrected chi connectivity index (χ3v) is 2.20. The zero-order valence-electron chi connectivity index (χ0n) is 6.72. The second kappa shape index (κ2) is 2.66. The van der Waals surface area contributed by atoms with Crippen molar-refractivity contribution in [2.24, 2.45) is 0 Å². The fourth-order valence-corrected chi connectivity index (χ4v) is 1.56. The highest BCUT2D eigenvalue weighted by Crippen LogP contribution is 2.20. The van der Waals surface area contributed by atoms with Crippen molar-refractivity contribution in [1.29, 1.82) is 0 Å². The largest absolute Gasteiger partial charge is 0.316 e. The molecule has 1 atom stereocenters. The van der Waals surface area contributed by atoms with Gasteiger partial charge in [-0.15, -0.1) is 0 Å². The molecule has 2 heterocycles. The van der Waals surface area contributed by atoms with Crippen molar-refractivity contribution >= 4 is 0 Å². The number of nitrogens with one attached hydrogen (secondary N) is 2. The molecule has 0 radical (unpaired) electrons. The molecule has 0 aliphatic carbocycles. The maximum atomic E-state index is 4.23. The first-order chi connectivity index (χ1) is 5.36. The van der Waals surface area contributed by atoms with Crippen LogP contribution < -0.4 is 5.32 Å². The number of nitrogens with zero attached hydrogens (tertiary/aromatic N) is 1. The summed E-state index contributed by atoms with van der Waals surface area (Å²) in [5.41, 5.74) is 2.37. The first-order valence-electron chi connectivity index (χ1n) is 4.09. The normalized spacial score (nSPS) is 24.3. The molecule has 11 heavy (non-hydrogen) atoms. The van der Waals surface area contributed by atoms with E-state index in [9.17, 15) is 0 Å². The molecule has 0 spiro atoms. The SMILES string of the molecule is Cc1cc(C2CCNC2)n[nH]1. The molecular weight excluding hydrogens is 138 g/mol. The van der Waals surface area contributed by atoms with Crippen LogP contribution in [0.4, 0.5) is 0 Å². The number of H-pyrrole nitrogens is 1. The van der Waals surface area contributed by atoms with Crippen molar-refractivity contribution in [3.8, 4) is 0 Å². The molecule has 0 aromatic carbocycles. The number of aromatic amines is 1. The predicted molar refractivity (Wildman–Crippen MR) is 43.6 cm³/mol. The van der Waals surface area contributed by atoms with E-state index in [1.807, 2.05) is 6.92 Å². The molecule has 0 bridgehead atoms. The van der Waals surface area contributed by atoms with Crippen LogP contribution in [0, 0.1) is 6.92 Å². The van der Waals surface area contributed by atoms with Gasteiger partial charge in [-0.25, -0.2) is 0 Å². The maximum absolute atomic E-state index is 4.23. The average molecular weight is 151 g/mol. The molecule has 3 heteroatoms. The third kappa shape index (κ3) is 1.28. The Bertz CT molecular complexity index is 235. The quantitative estimate of drug-likeness (QED) is 0.623. The maximum Gasteiger partial charge on any atom is 0.0668 e. The molecule has 1 aromatic heterocycles. The van der Waals surface area contributed by atoms with Gasteiger partial charge in [0.25, 0.3) is 0 Å². The first kappa shape index (κ1) is 6.85. The van der Waals surface area contributed by atoms with Gasteiger partial charge in [0, 0.05) is 18.2 Å². The van der Waals surface area contributed by atoms with Crippen molar-refractivity contribution in [1.82, 2.24) is 15.5 Å². The Kier molecular flexibility index (Phi) is 1.66. The Hall–Kier alpha value is -0.830. The Balaban J connectivity index is 2.15. The molecule has 2 N–H and O–H groups in total. The summed E-state index contributed by atoms with van der Waals surface area (Å²) in [4.78, 5) is 0. The van der Waals surface area contributed by atoms with Crippen molar-refractivity contribution < 1.29 is 0 Å². The molecule has 1 fully saturated rings. The van der Waals surface area contributed by atoms with Crippen LogP contribution in [0.15, 0.2) is 6.07 Å². The minimum atomic E-state index is 0.639. The highest BCUT2D eigenvalue weighted by Gasteiger charge is 2.18. The molecule has 1 aromatic rings. The number of aryl methyl sites for hydroxylation is 1. The molecule has 3 nitrogen and oxygen atoms in total. The van der Waals surface area contributed by atoms with Gasteiger partial charge in [0.15, 0.2) is 0 Å². The fourth-order valence-electron chi connectivity index (χ4n) is 1.56. The number of hydrogen-bond acceptors (Lipinski definition) is 2. The smallest absolute Gasteiger partial charge is 0.0668 e. The lowest BCUT2D eigenvalue weighted by atomic mass is 10.1. The highest BCUT2D eigenvalue weighted by atomic mass is 15.1. The zero-order valence-corrected chi connectivity index (χ0v) is 6.72. The molecule has 60 valence electrons. The summed E-state index contributed by atoms with van der Waals surface area (Å²) in [5.74, 6) is 0.639. The van der Waals surface area contributed by atoms with Crippen LogP contribution in [0.2, 0.25) is 0 Å². The Morgan fingerprint density at radius 1 is 1.64 bits per heavy atom. The van der Waals surface area contributed by atoms with Crippen LogP contribution in [0.25, 0.3) is 0 Å². The number of aromatic nitrogens is 2. The first-order valence-corrected chi connectivity index (χ1v) is 4.09. The summed E-state index contributed by atoms with van der Waals surface area (Å²) in [6, 6.07) is 2.14. The van der Waals surface area contributed by atoms with Gasteiger partial charge in [-0.05, 0) is 26.0 Å². The van der Waals surface area contributed by atoms with Gasteiger partial charge in [0.2, 0.25) is 0 Å². The fraction of sp³-hybridized carbons (Fsp3) is 0.625. The lowest BCUT2D eigenvalue weighted by molar-refractivity contribution is 0.729. The van der Waals surface area contributed by atoms with Crippen molar-refractivity contribution in [3.63, 3.8) is 0 Å². The molecular formula is C8H13N3. The van der Waals surface area contributed by atoms with Crippen molar-refractivity contribution in [2.75, 3.05) is 13.1 Å². The van der Waals surface area contributed by atoms with E-state index in [0.717, 1.165) is 18.8 Å². The van der Waals surface area contributed by atoms with E-state index in [0.29, 0.717) is 5.92 Å². The lowest BCUT2D eigenvalue weighted by Gasteiger charge is -2.00. The molecule has 1 saturated heterocycles. The topological polar surface area (TPSA) is 40.7 Å². The van der Waals surface area contributed by atoms with Gasteiger partial charge in [0.05, 0.1) is 5.69 Å². The van der Waals surface area contributed by atoms with Gasteiger partial charge in [-0.2, -0.15) is 5.10 Å². The van der Waals surface area contributed by atoms with E-state index >= 15 is 0 Å². The summed E-state index contributed by atoms with van der Waals surface area (Å²) < 4.78 is 0. The van der Waals surface area contributed by atoms with E-state index in [1.165, 1.54) is 12.1 Å². The standard InChI is InChI=1S/C8H13N3/c1-6-4-8(11-10-6)7-2-3-9-5-7/h4,7,9H,2-3,5H2,1H3,(H,10,11). The van der Waals surface area contributed by atoms with Gasteiger partial charge in [-0.1, -0.05) is 0 Å². The average Bonchev–Trinajstić information content (AvgIpc) is 2.55. The van der Waals surface area contributed by atoms with Crippen LogP contribution in [0.5, 0.6) is 0 Å². The Labute approximate surface area is 66.2 Å². The van der Waals surface area contributed by atoms with Gasteiger partial charge < -0.3 is 5.32 Å². The summed E-state index contributed by atoms with van der Waals surface area (Å²) in [6.07, 6.45) is 1.23. The third-order valence-electron chi connectivity index (χ3n) is 2.20. The van der Waals surface area contributed by atoms with Crippen LogP contribution in [0.1, 0.15) is 23.7 Å². The van der Waals surface area contributed by atoms with Gasteiger partial charge >= 0.3 is 0 Å². The summed E-state index contributed by atoms with van der Waals surface area (Å²) in [7, 11) is 0. The molecule has 0 saturated carbocycles. The summed E-state index contributed by atoms with van der Waals surface area (Å²) in [6.45, 7) is 4.26. The van der Waals surface area contributed by atoms with Crippen LogP contribution >= 0.6 is 0 Å². The van der Waals surface area contributed by atoms with Gasteiger partial charge in [0.1, 0.15) is 0 Å². The minimum absolute atomic E-state index is 0.639. The number of hydrogen-bond donors (Lipinski definition) is 2. The molecule has 1 unspecified atom stereocenters. The van der Waals surface area contributed by atoms with E-state index in [1.54, 1.807) is 0 Å². The molecule has 2 rings (SSSR count). The van der Waals surface area contributed by atoms with Crippen molar-refractivity contribution in [2.45, 2.75) is 19.3 Å². The van der Waals surface area contributed by atoms with E-state index in [2.05, 4.69) is 21.6 Å². The second-order valence-corrected chi connectivity index (χ2v) is 3.17. The van der Waals surface area contributed by atoms with E-state index < -0.39 is 0 Å². The molecule has 1 aliphatic rings. The van der Waals surface area contributed by atoms with Crippen LogP contribution in [0.3, 0.4) is 0 Å². The summed E-state index contributed by atoms with van der Waals surface area (Å²) >= 11 is 0. The Morgan fingerprint density at radius 3 is 3.09 bits per heavy atom. The van der Waals surface area contributed by atoms with Gasteiger partial charge in [-0.3, -0.25) is 5.10 Å². The second-order valence-electron chi connectivity index (χ2n) is 3.17. The van der Waals surface area contributed by atoms with Crippen LogP contribution in [-0.2, 0) is 0 Å². The van der Waals surface area contributed by atoms with Crippen molar-refractivity contribution in [3.05, 3.63) is 17.5 Å². The highest BCUT2D eigenvalue weighted by molar-refractivity contribution is 5.13. The van der Waals surface area contributed by atoms with Crippen LogP contribution in [-0.4, -0.2) is 23.3 Å². The van der Waals surface area contributed by atoms with E-state index in [4.69, 9.17) is 0 Å². The monoisotopic (exact) mass is 151 g/mol. The predicted octanol–water partition coefficient (Wildman–Crippen LogP) is 0.795. The number of rotatable bonds is 1. The zero-order chi connectivity index (χ0) is 7.68. The minimum Gasteiger partial charge on any atom is -0.316 e. The molecule has 1 aliphatic heterocycles. The Morgan fingerprint density at radius 2 is 2.55 bits per heavy atom. The lowest BCUT2D eigenvalue weighted by Crippen LogP contribution is -2.08. The summed E-state index contributed by atoms with van der Waals surface area (Å²) in [5, 5.41) is 10.5. The van der Waals surface area contributed by atoms with E-state index in [-0.39, 0.29) is 0 Å².